The minimum atomic E-state index is -3.96. The van der Waals surface area contributed by atoms with Crippen molar-refractivity contribution in [3.8, 4) is 5.75 Å². The zero-order valence-electron chi connectivity index (χ0n) is 25.7. The van der Waals surface area contributed by atoms with Crippen molar-refractivity contribution < 1.29 is 27.1 Å². The fraction of sp³-hybridized carbons (Fsp3) is 0.559. The van der Waals surface area contributed by atoms with Gasteiger partial charge in [0.05, 0.1) is 35.3 Å². The Morgan fingerprint density at radius 2 is 1.98 bits per heavy atom. The molecule has 0 radical (unpaired) electrons. The van der Waals surface area contributed by atoms with E-state index in [1.807, 2.05) is 13.0 Å². The van der Waals surface area contributed by atoms with Crippen molar-refractivity contribution in [1.29, 1.82) is 0 Å². The van der Waals surface area contributed by atoms with E-state index in [-0.39, 0.29) is 40.3 Å². The van der Waals surface area contributed by atoms with Gasteiger partial charge in [0.1, 0.15) is 11.6 Å². The minimum absolute atomic E-state index is 0.0428. The summed E-state index contributed by atoms with van der Waals surface area (Å²) in [5.74, 6) is 0.0551. The summed E-state index contributed by atoms with van der Waals surface area (Å²) in [7, 11) is -3.96. The van der Waals surface area contributed by atoms with Gasteiger partial charge in [-0.1, -0.05) is 46.6 Å². The van der Waals surface area contributed by atoms with Crippen LogP contribution in [0, 0.1) is 29.5 Å². The lowest BCUT2D eigenvalue weighted by Crippen LogP contribution is -2.47. The van der Waals surface area contributed by atoms with Crippen molar-refractivity contribution in [2.75, 3.05) is 30.0 Å². The summed E-state index contributed by atoms with van der Waals surface area (Å²) < 4.78 is 57.4. The molecule has 1 saturated carbocycles. The summed E-state index contributed by atoms with van der Waals surface area (Å²) in [6.07, 6.45) is 6.98. The predicted molar refractivity (Wildman–Crippen MR) is 178 cm³/mol. The number of alkyl halides is 1. The van der Waals surface area contributed by atoms with Crippen LogP contribution in [0.2, 0.25) is 5.02 Å². The Labute approximate surface area is 279 Å². The van der Waals surface area contributed by atoms with Gasteiger partial charge in [0.2, 0.25) is 10.0 Å². The number of sulfonamides is 1. The number of benzene rings is 2. The molecule has 5 aliphatic rings. The summed E-state index contributed by atoms with van der Waals surface area (Å²) in [4.78, 5) is 15.7. The second kappa shape index (κ2) is 13.5. The third-order valence-electron chi connectivity index (χ3n) is 10.4. The van der Waals surface area contributed by atoms with Gasteiger partial charge >= 0.3 is 0 Å². The predicted octanol–water partition coefficient (Wildman–Crippen LogP) is 7.05. The number of ether oxygens (including phenoxy) is 2. The molecule has 4 bridgehead atoms. The molecule has 0 unspecified atom stereocenters. The van der Waals surface area contributed by atoms with E-state index in [0.29, 0.717) is 55.6 Å². The van der Waals surface area contributed by atoms with Crippen molar-refractivity contribution in [1.82, 2.24) is 4.72 Å². The van der Waals surface area contributed by atoms with E-state index in [1.165, 1.54) is 5.57 Å². The number of halogens is 3. The molecule has 244 valence electrons. The van der Waals surface area contributed by atoms with Crippen LogP contribution in [0.25, 0.3) is 0 Å². The van der Waals surface area contributed by atoms with Crippen molar-refractivity contribution in [3.63, 3.8) is 0 Å². The number of rotatable bonds is 3. The zero-order chi connectivity index (χ0) is 31.9. The SMILES string of the molecule is C[C@@H]1[C@@H](C)S(=O)(=O)NC(=O)c2ccc3c(c2)N(Cc2ccc(Cl)c(F)c2CCCCO3)C[C@@H]2CC[C@H]2[C@@H](OCCBr)C2=C[C@H]1C2. The van der Waals surface area contributed by atoms with Crippen molar-refractivity contribution >= 4 is 49.1 Å². The first-order chi connectivity index (χ1) is 21.6. The molecule has 0 spiro atoms. The van der Waals surface area contributed by atoms with Crippen molar-refractivity contribution in [3.05, 3.63) is 69.5 Å². The second-order valence-corrected chi connectivity index (χ2v) is 16.2. The number of hydrogen-bond acceptors (Lipinski definition) is 6. The van der Waals surface area contributed by atoms with Gasteiger partial charge in [0.15, 0.2) is 0 Å². The molecule has 0 saturated heterocycles. The quantitative estimate of drug-likeness (QED) is 0.270. The molecule has 2 aliphatic carbocycles. The highest BCUT2D eigenvalue weighted by Crippen LogP contribution is 2.47. The van der Waals surface area contributed by atoms with Gasteiger partial charge in [-0.05, 0) is 110 Å². The van der Waals surface area contributed by atoms with Crippen LogP contribution in [-0.2, 0) is 27.7 Å². The van der Waals surface area contributed by atoms with E-state index < -0.39 is 21.2 Å². The smallest absolute Gasteiger partial charge is 0.264 e. The van der Waals surface area contributed by atoms with Gasteiger partial charge in [0, 0.05) is 24.0 Å². The third-order valence-corrected chi connectivity index (χ3v) is 12.9. The zero-order valence-corrected chi connectivity index (χ0v) is 28.9. The van der Waals surface area contributed by atoms with Crippen LogP contribution in [0.4, 0.5) is 10.1 Å². The Bertz CT molecular complexity index is 1590. The van der Waals surface area contributed by atoms with E-state index in [4.69, 9.17) is 21.1 Å². The van der Waals surface area contributed by atoms with E-state index in [2.05, 4.69) is 31.6 Å². The number of fused-ring (bicyclic) bond motifs is 5. The van der Waals surface area contributed by atoms with Crippen LogP contribution in [-0.4, -0.2) is 50.8 Å². The summed E-state index contributed by atoms with van der Waals surface area (Å²) in [5.41, 5.74) is 3.59. The lowest BCUT2D eigenvalue weighted by Gasteiger charge is -2.47. The van der Waals surface area contributed by atoms with Crippen LogP contribution in [0.5, 0.6) is 5.75 Å². The van der Waals surface area contributed by atoms with Crippen molar-refractivity contribution in [2.24, 2.45) is 23.7 Å². The Balaban J connectivity index is 1.46. The van der Waals surface area contributed by atoms with Crippen LogP contribution in [0.15, 0.2) is 42.0 Å². The molecule has 1 amide bonds. The molecule has 6 atom stereocenters. The highest BCUT2D eigenvalue weighted by Gasteiger charge is 2.44. The number of carbonyl (C=O) groups is 1. The number of hydrogen-bond donors (Lipinski definition) is 1. The monoisotopic (exact) mass is 722 g/mol. The highest BCUT2D eigenvalue weighted by molar-refractivity contribution is 9.09. The topological polar surface area (TPSA) is 84.9 Å². The molecule has 3 aliphatic heterocycles. The van der Waals surface area contributed by atoms with Crippen molar-refractivity contribution in [2.45, 2.75) is 70.3 Å². The summed E-state index contributed by atoms with van der Waals surface area (Å²) >= 11 is 9.75. The maximum Gasteiger partial charge on any atom is 0.264 e. The first kappa shape index (κ1) is 32.8. The van der Waals surface area contributed by atoms with Gasteiger partial charge in [0.25, 0.3) is 5.91 Å². The number of nitrogens with one attached hydrogen (secondary N) is 1. The first-order valence-electron chi connectivity index (χ1n) is 16.0. The Hall–Kier alpha value is -2.14. The van der Waals surface area contributed by atoms with Crippen LogP contribution in [0.3, 0.4) is 0 Å². The van der Waals surface area contributed by atoms with Gasteiger partial charge in [-0.3, -0.25) is 4.79 Å². The summed E-state index contributed by atoms with van der Waals surface area (Å²) in [5, 5.41) is 0.0665. The van der Waals surface area contributed by atoms with E-state index >= 15 is 4.39 Å². The maximum atomic E-state index is 15.4. The molecule has 3 heterocycles. The largest absolute Gasteiger partial charge is 0.491 e. The number of nitrogens with zero attached hydrogens (tertiary/aromatic N) is 1. The molecular weight excluding hydrogens is 683 g/mol. The molecule has 7 rings (SSSR count). The number of carbonyl (C=O) groups excluding carboxylic acids is 1. The molecular formula is C34H41BrClFN2O5S. The Morgan fingerprint density at radius 1 is 1.18 bits per heavy atom. The molecule has 1 N–H and O–H groups in total. The van der Waals surface area contributed by atoms with Crippen LogP contribution in [0.1, 0.15) is 67.4 Å². The number of anilines is 1. The molecule has 2 aromatic rings. The lowest BCUT2D eigenvalue weighted by molar-refractivity contribution is -0.0200. The third kappa shape index (κ3) is 6.67. The molecule has 1 fully saturated rings. The highest BCUT2D eigenvalue weighted by atomic mass is 79.9. The summed E-state index contributed by atoms with van der Waals surface area (Å²) in [6.45, 7) is 5.66. The number of allylic oxidation sites excluding steroid dienone is 1. The van der Waals surface area contributed by atoms with E-state index in [9.17, 15) is 13.2 Å². The normalized spacial score (nSPS) is 29.8. The standard InChI is InChI=1S/C34H41BrClFN2O5S/c1-20-21(2)45(41,42)38-34(40)22-8-11-31-30(17-22)39(18-23-7-10-29(36)32(37)27(23)5-3-4-13-43-31)19-24-6-9-28(24)33(44-14-12-35)26-15-25(20)16-26/h7-8,10-11,15,17,20-21,24-25,28,33H,3-6,9,12-14,16,18-19H2,1-2H3,(H,38,40)/t20-,21-,24+,25+,28-,33+/m1/s1. The van der Waals surface area contributed by atoms with Crippen LogP contribution >= 0.6 is 27.5 Å². The van der Waals surface area contributed by atoms with Crippen LogP contribution < -0.4 is 14.4 Å². The fourth-order valence-electron chi connectivity index (χ4n) is 7.27. The van der Waals surface area contributed by atoms with E-state index in [1.54, 1.807) is 31.2 Å². The minimum Gasteiger partial charge on any atom is -0.491 e. The molecule has 7 nitrogen and oxygen atoms in total. The average Bonchev–Trinajstić information content (AvgIpc) is 3.00. The molecule has 0 aromatic heterocycles. The van der Waals surface area contributed by atoms with Gasteiger partial charge < -0.3 is 14.4 Å². The maximum absolute atomic E-state index is 15.4. The van der Waals surface area contributed by atoms with E-state index in [0.717, 1.165) is 43.0 Å². The summed E-state index contributed by atoms with van der Waals surface area (Å²) in [6, 6.07) is 8.58. The van der Waals surface area contributed by atoms with Gasteiger partial charge in [-0.2, -0.15) is 0 Å². The molecule has 2 aromatic carbocycles. The van der Waals surface area contributed by atoms with Gasteiger partial charge in [-0.25, -0.2) is 17.5 Å². The Morgan fingerprint density at radius 3 is 2.71 bits per heavy atom. The molecule has 11 heteroatoms. The first-order valence-corrected chi connectivity index (χ1v) is 19.0. The fourth-order valence-corrected chi connectivity index (χ4v) is 8.97. The Kier molecular flexibility index (Phi) is 9.86. The molecule has 45 heavy (non-hydrogen) atoms. The second-order valence-electron chi connectivity index (χ2n) is 13.0. The average molecular weight is 724 g/mol. The van der Waals surface area contributed by atoms with Gasteiger partial charge in [-0.15, -0.1) is 0 Å². The number of amides is 1. The lowest BCUT2D eigenvalue weighted by atomic mass is 9.64.